The van der Waals surface area contributed by atoms with Crippen LogP contribution in [-0.2, 0) is 6.54 Å². The van der Waals surface area contributed by atoms with Gasteiger partial charge in [-0.05, 0) is 57.6 Å². The number of rotatable bonds is 7. The predicted octanol–water partition coefficient (Wildman–Crippen LogP) is 3.10. The fourth-order valence-corrected chi connectivity index (χ4v) is 2.60. The van der Waals surface area contributed by atoms with Crippen LogP contribution in [-0.4, -0.2) is 30.0 Å². The largest absolute Gasteiger partial charge is 0.330 e. The van der Waals surface area contributed by atoms with Crippen LogP contribution in [0, 0.1) is 6.92 Å². The topological polar surface area (TPSA) is 42.1 Å². The molecule has 0 saturated heterocycles. The molecular weight excluding hydrogens is 246 g/mol. The zero-order valence-electron chi connectivity index (χ0n) is 12.6. The van der Waals surface area contributed by atoms with E-state index in [-0.39, 0.29) is 0 Å². The lowest BCUT2D eigenvalue weighted by atomic mass is 10.1. The molecule has 1 heterocycles. The molecule has 0 fully saturated rings. The number of nitrogens with zero attached hydrogens (tertiary/aromatic N) is 2. The van der Waals surface area contributed by atoms with E-state index in [0.717, 1.165) is 37.3 Å². The molecule has 1 aromatic carbocycles. The van der Waals surface area contributed by atoms with Gasteiger partial charge in [0.2, 0.25) is 0 Å². The van der Waals surface area contributed by atoms with Gasteiger partial charge in [-0.15, -0.1) is 0 Å². The van der Waals surface area contributed by atoms with Gasteiger partial charge in [0.05, 0.1) is 5.52 Å². The van der Waals surface area contributed by atoms with Crippen LogP contribution in [0.1, 0.15) is 30.5 Å². The van der Waals surface area contributed by atoms with Crippen molar-refractivity contribution >= 4 is 10.9 Å². The average molecular weight is 271 g/mol. The van der Waals surface area contributed by atoms with Crippen LogP contribution in [0.2, 0.25) is 0 Å². The maximum Gasteiger partial charge on any atom is 0.0708 e. The van der Waals surface area contributed by atoms with Crippen LogP contribution in [0.25, 0.3) is 10.9 Å². The molecule has 0 radical (unpaired) electrons. The molecule has 0 amide bonds. The van der Waals surface area contributed by atoms with Gasteiger partial charge in [-0.1, -0.05) is 24.6 Å². The maximum absolute atomic E-state index is 5.53. The molecular formula is C17H25N3. The van der Waals surface area contributed by atoms with E-state index in [1.54, 1.807) is 0 Å². The third kappa shape index (κ3) is 4.02. The number of aryl methyl sites for hydroxylation is 1. The van der Waals surface area contributed by atoms with Crippen molar-refractivity contribution in [3.63, 3.8) is 0 Å². The Morgan fingerprint density at radius 1 is 1.15 bits per heavy atom. The molecule has 2 N–H and O–H groups in total. The molecule has 0 atom stereocenters. The van der Waals surface area contributed by atoms with E-state index < -0.39 is 0 Å². The van der Waals surface area contributed by atoms with Crippen LogP contribution < -0.4 is 5.73 Å². The monoisotopic (exact) mass is 271 g/mol. The first-order valence-corrected chi connectivity index (χ1v) is 7.44. The minimum absolute atomic E-state index is 0.803. The number of para-hydroxylation sites is 1. The standard InChI is InChI=1S/C17H25N3/c1-14-12-15(13-20(2)11-7-3-6-10-18)16-8-4-5-9-17(16)19-14/h4-5,8-9,12H,3,6-7,10-11,13,18H2,1-2H3. The minimum Gasteiger partial charge on any atom is -0.330 e. The van der Waals surface area contributed by atoms with Gasteiger partial charge < -0.3 is 10.6 Å². The van der Waals surface area contributed by atoms with Crippen molar-refractivity contribution in [2.24, 2.45) is 5.73 Å². The highest BCUT2D eigenvalue weighted by molar-refractivity contribution is 5.82. The summed E-state index contributed by atoms with van der Waals surface area (Å²) < 4.78 is 0. The lowest BCUT2D eigenvalue weighted by Crippen LogP contribution is -2.19. The summed E-state index contributed by atoms with van der Waals surface area (Å²) in [5.74, 6) is 0. The Bertz CT molecular complexity index is 551. The molecule has 0 aliphatic rings. The molecule has 2 rings (SSSR count). The number of aromatic nitrogens is 1. The van der Waals surface area contributed by atoms with Crippen molar-refractivity contribution in [3.05, 3.63) is 41.6 Å². The summed E-state index contributed by atoms with van der Waals surface area (Å²) in [4.78, 5) is 6.98. The molecule has 3 heteroatoms. The van der Waals surface area contributed by atoms with E-state index >= 15 is 0 Å². The first-order valence-electron chi connectivity index (χ1n) is 7.44. The molecule has 108 valence electrons. The molecule has 0 spiro atoms. The normalized spacial score (nSPS) is 11.4. The Morgan fingerprint density at radius 3 is 2.75 bits per heavy atom. The van der Waals surface area contributed by atoms with E-state index in [1.165, 1.54) is 23.8 Å². The number of unbranched alkanes of at least 4 members (excludes halogenated alkanes) is 2. The third-order valence-corrected chi connectivity index (χ3v) is 3.61. The highest BCUT2D eigenvalue weighted by atomic mass is 15.1. The van der Waals surface area contributed by atoms with Gasteiger partial charge in [0, 0.05) is 17.6 Å². The van der Waals surface area contributed by atoms with E-state index in [9.17, 15) is 0 Å². The zero-order valence-corrected chi connectivity index (χ0v) is 12.6. The van der Waals surface area contributed by atoms with Gasteiger partial charge in [-0.25, -0.2) is 0 Å². The Morgan fingerprint density at radius 2 is 1.95 bits per heavy atom. The number of fused-ring (bicyclic) bond motifs is 1. The first-order chi connectivity index (χ1) is 9.70. The number of pyridine rings is 1. The van der Waals surface area contributed by atoms with Crippen LogP contribution in [0.4, 0.5) is 0 Å². The van der Waals surface area contributed by atoms with E-state index in [2.05, 4.69) is 54.2 Å². The Balaban J connectivity index is 2.05. The van der Waals surface area contributed by atoms with Crippen LogP contribution in [0.5, 0.6) is 0 Å². The zero-order chi connectivity index (χ0) is 14.4. The van der Waals surface area contributed by atoms with E-state index in [1.807, 2.05) is 0 Å². The van der Waals surface area contributed by atoms with Crippen LogP contribution in [0.15, 0.2) is 30.3 Å². The Labute approximate surface area is 121 Å². The van der Waals surface area contributed by atoms with Gasteiger partial charge in [-0.3, -0.25) is 4.98 Å². The average Bonchev–Trinajstić information content (AvgIpc) is 2.43. The minimum atomic E-state index is 0.803. The predicted molar refractivity (Wildman–Crippen MR) is 85.7 cm³/mol. The number of nitrogens with two attached hydrogens (primary N) is 1. The van der Waals surface area contributed by atoms with Crippen molar-refractivity contribution in [1.29, 1.82) is 0 Å². The number of hydrogen-bond donors (Lipinski definition) is 1. The van der Waals surface area contributed by atoms with Gasteiger partial charge in [-0.2, -0.15) is 0 Å². The second-order valence-corrected chi connectivity index (χ2v) is 5.53. The molecule has 20 heavy (non-hydrogen) atoms. The van der Waals surface area contributed by atoms with Crippen molar-refractivity contribution in [1.82, 2.24) is 9.88 Å². The van der Waals surface area contributed by atoms with Crippen molar-refractivity contribution in [2.45, 2.75) is 32.7 Å². The first kappa shape index (κ1) is 14.9. The molecule has 3 nitrogen and oxygen atoms in total. The summed E-state index contributed by atoms with van der Waals surface area (Å²) in [5, 5.41) is 1.27. The van der Waals surface area contributed by atoms with Crippen molar-refractivity contribution in [3.8, 4) is 0 Å². The summed E-state index contributed by atoms with van der Waals surface area (Å²) in [6.07, 6.45) is 3.57. The Kier molecular flexibility index (Phi) is 5.50. The fraction of sp³-hybridized carbons (Fsp3) is 0.471. The smallest absolute Gasteiger partial charge is 0.0708 e. The SMILES string of the molecule is Cc1cc(CN(C)CCCCCN)c2ccccc2n1. The summed E-state index contributed by atoms with van der Waals surface area (Å²) in [5.41, 5.74) is 9.09. The summed E-state index contributed by atoms with van der Waals surface area (Å²) >= 11 is 0. The summed E-state index contributed by atoms with van der Waals surface area (Å²) in [6, 6.07) is 10.6. The summed E-state index contributed by atoms with van der Waals surface area (Å²) in [7, 11) is 2.19. The molecule has 0 aliphatic carbocycles. The lowest BCUT2D eigenvalue weighted by Gasteiger charge is -2.18. The van der Waals surface area contributed by atoms with Gasteiger partial charge in [0.25, 0.3) is 0 Å². The molecule has 1 aromatic heterocycles. The number of benzene rings is 1. The van der Waals surface area contributed by atoms with Crippen LogP contribution in [0.3, 0.4) is 0 Å². The third-order valence-electron chi connectivity index (χ3n) is 3.61. The maximum atomic E-state index is 5.53. The van der Waals surface area contributed by atoms with Gasteiger partial charge >= 0.3 is 0 Å². The van der Waals surface area contributed by atoms with Crippen LogP contribution >= 0.6 is 0 Å². The van der Waals surface area contributed by atoms with E-state index in [0.29, 0.717) is 0 Å². The lowest BCUT2D eigenvalue weighted by molar-refractivity contribution is 0.318. The molecule has 0 unspecified atom stereocenters. The van der Waals surface area contributed by atoms with Crippen molar-refractivity contribution in [2.75, 3.05) is 20.1 Å². The Hall–Kier alpha value is -1.45. The summed E-state index contributed by atoms with van der Waals surface area (Å²) in [6.45, 7) is 4.97. The van der Waals surface area contributed by atoms with Gasteiger partial charge in [0.1, 0.15) is 0 Å². The fourth-order valence-electron chi connectivity index (χ4n) is 2.60. The number of hydrogen-bond acceptors (Lipinski definition) is 3. The second-order valence-electron chi connectivity index (χ2n) is 5.53. The van der Waals surface area contributed by atoms with E-state index in [4.69, 9.17) is 5.73 Å². The molecule has 0 saturated carbocycles. The van der Waals surface area contributed by atoms with Gasteiger partial charge in [0.15, 0.2) is 0 Å². The molecule has 0 aliphatic heterocycles. The molecule has 2 aromatic rings. The van der Waals surface area contributed by atoms with Crippen molar-refractivity contribution < 1.29 is 0 Å². The quantitative estimate of drug-likeness (QED) is 0.787. The highest BCUT2D eigenvalue weighted by Gasteiger charge is 2.06. The molecule has 0 bridgehead atoms. The highest BCUT2D eigenvalue weighted by Crippen LogP contribution is 2.19. The second kappa shape index (κ2) is 7.36.